The first kappa shape index (κ1) is 23.1. The Morgan fingerprint density at radius 2 is 1.82 bits per heavy atom. The van der Waals surface area contributed by atoms with E-state index in [1.165, 1.54) is 0 Å². The molecular formula is C27H29N3O2S. The molecule has 0 aliphatic heterocycles. The summed E-state index contributed by atoms with van der Waals surface area (Å²) in [6, 6.07) is 19.7. The van der Waals surface area contributed by atoms with Crippen molar-refractivity contribution < 1.29 is 8.73 Å². The minimum atomic E-state index is -1.28. The summed E-state index contributed by atoms with van der Waals surface area (Å²) < 4.78 is 21.7. The molecule has 0 amide bonds. The molecule has 1 N–H and O–H groups in total. The van der Waals surface area contributed by atoms with Crippen molar-refractivity contribution in [3.05, 3.63) is 89.8 Å². The van der Waals surface area contributed by atoms with Crippen molar-refractivity contribution in [2.75, 3.05) is 0 Å². The van der Waals surface area contributed by atoms with Crippen molar-refractivity contribution in [3.63, 3.8) is 0 Å². The Hall–Kier alpha value is -3.09. The summed E-state index contributed by atoms with van der Waals surface area (Å²) in [6.45, 7) is 11.8. The van der Waals surface area contributed by atoms with Gasteiger partial charge in [-0.2, -0.15) is 0 Å². The first-order valence-corrected chi connectivity index (χ1v) is 12.1. The summed E-state index contributed by atoms with van der Waals surface area (Å²) in [5.74, 6) is 0. The maximum absolute atomic E-state index is 13.2. The summed E-state index contributed by atoms with van der Waals surface area (Å²) in [4.78, 5) is 4.78. The lowest BCUT2D eigenvalue weighted by Gasteiger charge is -2.26. The van der Waals surface area contributed by atoms with E-state index in [4.69, 9.17) is 9.51 Å². The zero-order valence-electron chi connectivity index (χ0n) is 19.5. The van der Waals surface area contributed by atoms with Gasteiger partial charge < -0.3 is 4.52 Å². The first-order chi connectivity index (χ1) is 15.8. The number of hydrogen-bond acceptors (Lipinski definition) is 4. The largest absolute Gasteiger partial charge is 0.356 e. The van der Waals surface area contributed by atoms with Gasteiger partial charge in [-0.3, -0.25) is 4.98 Å². The molecule has 0 aliphatic rings. The number of rotatable bonds is 7. The summed E-state index contributed by atoms with van der Waals surface area (Å²) in [7, 11) is -1.28. The number of nitrogens with zero attached hydrogens (tertiary/aromatic N) is 2. The minimum absolute atomic E-state index is 0.247. The molecule has 170 valence electrons. The third-order valence-corrected chi connectivity index (χ3v) is 7.22. The number of aromatic nitrogens is 2. The molecule has 0 fully saturated rings. The van der Waals surface area contributed by atoms with E-state index >= 15 is 0 Å². The van der Waals surface area contributed by atoms with Gasteiger partial charge in [0.15, 0.2) is 5.58 Å². The van der Waals surface area contributed by atoms with Gasteiger partial charge in [-0.1, -0.05) is 54.2 Å². The van der Waals surface area contributed by atoms with Crippen molar-refractivity contribution in [1.29, 1.82) is 0 Å². The highest BCUT2D eigenvalue weighted by Gasteiger charge is 2.27. The van der Waals surface area contributed by atoms with E-state index < -0.39 is 15.7 Å². The molecule has 0 bridgehead atoms. The van der Waals surface area contributed by atoms with Gasteiger partial charge in [0.2, 0.25) is 0 Å². The Morgan fingerprint density at radius 1 is 1.09 bits per heavy atom. The average molecular weight is 460 g/mol. The van der Waals surface area contributed by atoms with E-state index in [1.807, 2.05) is 82.3 Å². The third-order valence-electron chi connectivity index (χ3n) is 5.60. The highest BCUT2D eigenvalue weighted by Crippen LogP contribution is 2.34. The molecule has 0 aliphatic carbocycles. The Balaban J connectivity index is 1.83. The van der Waals surface area contributed by atoms with Crippen molar-refractivity contribution >= 4 is 28.0 Å². The number of para-hydroxylation sites is 1. The van der Waals surface area contributed by atoms with E-state index in [-0.39, 0.29) is 6.04 Å². The lowest BCUT2D eigenvalue weighted by molar-refractivity contribution is 0.459. The van der Waals surface area contributed by atoms with E-state index in [0.29, 0.717) is 6.42 Å². The SMILES string of the molecule is C=Cc1ccc(C)c(C[C@H](N[S@@](=O)C(C)(C)C)c2ccccc2-c2noc3ccccc23)n1. The van der Waals surface area contributed by atoms with Gasteiger partial charge >= 0.3 is 0 Å². The Kier molecular flexibility index (Phi) is 6.58. The zero-order valence-corrected chi connectivity index (χ0v) is 20.3. The maximum atomic E-state index is 13.2. The van der Waals surface area contributed by atoms with Gasteiger partial charge in [0, 0.05) is 23.1 Å². The van der Waals surface area contributed by atoms with Crippen LogP contribution in [0.4, 0.5) is 0 Å². The lowest BCUT2D eigenvalue weighted by atomic mass is 9.93. The molecule has 5 nitrogen and oxygen atoms in total. The molecule has 4 aromatic rings. The van der Waals surface area contributed by atoms with Crippen LogP contribution in [-0.2, 0) is 17.4 Å². The number of pyridine rings is 1. The van der Waals surface area contributed by atoms with Gasteiger partial charge in [-0.25, -0.2) is 8.93 Å². The average Bonchev–Trinajstić information content (AvgIpc) is 3.23. The van der Waals surface area contributed by atoms with Gasteiger partial charge in [0.05, 0.1) is 27.5 Å². The monoisotopic (exact) mass is 459 g/mol. The summed E-state index contributed by atoms with van der Waals surface area (Å²) in [6.07, 6.45) is 2.32. The van der Waals surface area contributed by atoms with Crippen molar-refractivity contribution in [2.45, 2.75) is 44.9 Å². The molecule has 2 heterocycles. The zero-order chi connectivity index (χ0) is 23.6. The van der Waals surface area contributed by atoms with E-state index in [1.54, 1.807) is 6.08 Å². The van der Waals surface area contributed by atoms with E-state index in [0.717, 1.165) is 44.7 Å². The predicted molar refractivity (Wildman–Crippen MR) is 136 cm³/mol. The molecule has 0 spiro atoms. The van der Waals surface area contributed by atoms with Crippen LogP contribution in [0.2, 0.25) is 0 Å². The number of benzene rings is 2. The smallest absolute Gasteiger partial charge is 0.167 e. The summed E-state index contributed by atoms with van der Waals surface area (Å²) in [5, 5.41) is 5.33. The fraction of sp³-hybridized carbons (Fsp3) is 0.259. The molecule has 2 aromatic heterocycles. The fourth-order valence-corrected chi connectivity index (χ4v) is 4.54. The van der Waals surface area contributed by atoms with Crippen LogP contribution in [0.5, 0.6) is 0 Å². The third kappa shape index (κ3) is 4.97. The van der Waals surface area contributed by atoms with Crippen molar-refractivity contribution in [1.82, 2.24) is 14.9 Å². The molecule has 2 aromatic carbocycles. The predicted octanol–water partition coefficient (Wildman–Crippen LogP) is 6.18. The van der Waals surface area contributed by atoms with Crippen molar-refractivity contribution in [2.24, 2.45) is 0 Å². The second-order valence-electron chi connectivity index (χ2n) is 9.07. The van der Waals surface area contributed by atoms with Crippen LogP contribution >= 0.6 is 0 Å². The first-order valence-electron chi connectivity index (χ1n) is 11.0. The molecule has 0 radical (unpaired) electrons. The summed E-state index contributed by atoms with van der Waals surface area (Å²) >= 11 is 0. The fourth-order valence-electron chi connectivity index (χ4n) is 3.72. The summed E-state index contributed by atoms with van der Waals surface area (Å²) in [5.41, 5.74) is 6.30. The van der Waals surface area contributed by atoms with Crippen LogP contribution in [0.25, 0.3) is 28.3 Å². The Labute approximate surface area is 197 Å². The Morgan fingerprint density at radius 3 is 2.58 bits per heavy atom. The minimum Gasteiger partial charge on any atom is -0.356 e. The topological polar surface area (TPSA) is 68.0 Å². The van der Waals surface area contributed by atoms with E-state index in [2.05, 4.69) is 22.5 Å². The standard InChI is InChI=1S/C27H29N3O2S/c1-6-19-16-15-18(2)23(28-19)17-24(30-33(31)27(3,4)5)20-11-7-8-12-21(20)26-22-13-9-10-14-25(22)32-29-26/h6-16,24,30H,1,17H2,2-5H3/t24-,33-/m0/s1. The molecule has 4 rings (SSSR count). The van der Waals surface area contributed by atoms with Crippen molar-refractivity contribution in [3.8, 4) is 11.3 Å². The van der Waals surface area contributed by atoms with Crippen LogP contribution < -0.4 is 4.72 Å². The van der Waals surface area contributed by atoms with Gasteiger partial charge in [-0.05, 0) is 63.1 Å². The normalized spacial score (nSPS) is 13.7. The Bertz CT molecular complexity index is 1320. The highest BCUT2D eigenvalue weighted by atomic mass is 32.2. The van der Waals surface area contributed by atoms with E-state index in [9.17, 15) is 4.21 Å². The van der Waals surface area contributed by atoms with Gasteiger partial charge in [0.25, 0.3) is 0 Å². The number of nitrogens with one attached hydrogen (secondary N) is 1. The van der Waals surface area contributed by atoms with Gasteiger partial charge in [-0.15, -0.1) is 0 Å². The number of fused-ring (bicyclic) bond motifs is 1. The quantitative estimate of drug-likeness (QED) is 0.358. The maximum Gasteiger partial charge on any atom is 0.167 e. The van der Waals surface area contributed by atoms with Gasteiger partial charge in [0.1, 0.15) is 5.69 Å². The molecule has 6 heteroatoms. The molecule has 33 heavy (non-hydrogen) atoms. The molecule has 0 unspecified atom stereocenters. The number of hydrogen-bond donors (Lipinski definition) is 1. The molecular weight excluding hydrogens is 430 g/mol. The second-order valence-corrected chi connectivity index (χ2v) is 11.1. The van der Waals surface area contributed by atoms with Crippen LogP contribution in [-0.4, -0.2) is 19.1 Å². The lowest BCUT2D eigenvalue weighted by Crippen LogP contribution is -2.37. The second kappa shape index (κ2) is 9.41. The van der Waals surface area contributed by atoms with Crippen LogP contribution in [0.1, 0.15) is 49.3 Å². The van der Waals surface area contributed by atoms with Crippen LogP contribution in [0.15, 0.2) is 71.8 Å². The highest BCUT2D eigenvalue weighted by molar-refractivity contribution is 7.84. The van der Waals surface area contributed by atoms with Crippen LogP contribution in [0, 0.1) is 6.92 Å². The molecule has 0 saturated heterocycles. The number of aryl methyl sites for hydroxylation is 1. The van der Waals surface area contributed by atoms with Crippen LogP contribution in [0.3, 0.4) is 0 Å². The molecule has 0 saturated carbocycles. The molecule has 2 atom stereocenters.